The number of rotatable bonds is 66. The quantitative estimate of drug-likeness (QED) is 0.0264. The zero-order valence-electron chi connectivity index (χ0n) is 56.0. The third-order valence-electron chi connectivity index (χ3n) is 15.0. The van der Waals surface area contributed by atoms with Crippen molar-refractivity contribution in [1.82, 2.24) is 0 Å². The van der Waals surface area contributed by atoms with Crippen LogP contribution in [0.3, 0.4) is 0 Å². The molecule has 87 heavy (non-hydrogen) atoms. The van der Waals surface area contributed by atoms with E-state index in [0.717, 1.165) is 109 Å². The monoisotopic (exact) mass is 1230 g/mol. The first-order valence-corrected chi connectivity index (χ1v) is 37.2. The fraction of sp³-hybridized carbons (Fsp3) is 0.688. The zero-order chi connectivity index (χ0) is 63.0. The summed E-state index contributed by atoms with van der Waals surface area (Å²) in [7, 11) is -4.40. The van der Waals surface area contributed by atoms with Crippen molar-refractivity contribution in [2.75, 3.05) is 26.4 Å². The van der Waals surface area contributed by atoms with Crippen LogP contribution in [0.1, 0.15) is 309 Å². The molecule has 0 saturated carbocycles. The van der Waals surface area contributed by atoms with Gasteiger partial charge >= 0.3 is 19.8 Å². The number of nitrogens with two attached hydrogens (primary N) is 1. The molecule has 9 nitrogen and oxygen atoms in total. The summed E-state index contributed by atoms with van der Waals surface area (Å²) in [6.07, 6.45) is 101. The summed E-state index contributed by atoms with van der Waals surface area (Å²) in [5.41, 5.74) is 5.41. The lowest BCUT2D eigenvalue weighted by molar-refractivity contribution is -0.161. The normalized spacial score (nSPS) is 13.7. The first-order chi connectivity index (χ1) is 42.8. The van der Waals surface area contributed by atoms with Crippen molar-refractivity contribution in [3.63, 3.8) is 0 Å². The molecule has 0 rings (SSSR count). The van der Waals surface area contributed by atoms with Gasteiger partial charge in [-0.15, -0.1) is 0 Å². The van der Waals surface area contributed by atoms with Gasteiger partial charge in [0, 0.05) is 19.4 Å². The minimum Gasteiger partial charge on any atom is -0.462 e. The average molecular weight is 1230 g/mol. The zero-order valence-corrected chi connectivity index (χ0v) is 56.9. The molecule has 2 unspecified atom stereocenters. The molecule has 0 saturated heterocycles. The Morgan fingerprint density at radius 2 is 0.598 bits per heavy atom. The molecule has 0 spiro atoms. The molecule has 3 N–H and O–H groups in total. The largest absolute Gasteiger partial charge is 0.472 e. The molecule has 0 fully saturated rings. The Balaban J connectivity index is 3.88. The number of ether oxygens (including phenoxy) is 2. The van der Waals surface area contributed by atoms with Gasteiger partial charge in [0.15, 0.2) is 6.10 Å². The molecule has 0 aromatic rings. The van der Waals surface area contributed by atoms with Gasteiger partial charge in [0.1, 0.15) is 6.61 Å². The van der Waals surface area contributed by atoms with Crippen LogP contribution < -0.4 is 5.73 Å². The maximum Gasteiger partial charge on any atom is 0.472 e. The molecule has 0 bridgehead atoms. The van der Waals surface area contributed by atoms with Crippen molar-refractivity contribution in [1.29, 1.82) is 0 Å². The molecular weight excluding hydrogens is 1100 g/mol. The topological polar surface area (TPSA) is 134 Å². The molecule has 10 heteroatoms. The number of esters is 2. The van der Waals surface area contributed by atoms with Crippen LogP contribution in [0, 0.1) is 0 Å². The lowest BCUT2D eigenvalue weighted by Gasteiger charge is -2.19. The van der Waals surface area contributed by atoms with Crippen LogP contribution in [0.15, 0.2) is 134 Å². The first-order valence-electron chi connectivity index (χ1n) is 35.7. The second kappa shape index (κ2) is 71.2. The molecule has 0 heterocycles. The van der Waals surface area contributed by atoms with Gasteiger partial charge in [-0.1, -0.05) is 321 Å². The van der Waals surface area contributed by atoms with E-state index in [1.165, 1.54) is 167 Å². The van der Waals surface area contributed by atoms with Crippen molar-refractivity contribution in [3.8, 4) is 0 Å². The number of allylic oxidation sites excluding steroid dienone is 22. The van der Waals surface area contributed by atoms with Crippen LogP contribution in [0.25, 0.3) is 0 Å². The standard InChI is InChI=1S/C77H132NO8P/c1-3-5-7-9-11-13-15-17-19-21-23-25-27-29-31-33-35-36-37-38-40-42-44-46-48-50-52-54-56-58-60-62-64-66-68-70-77(80)86-75(74-85-87(81,82)84-72-71-78)73-83-76(79)69-67-65-63-61-59-57-55-53-51-49-47-45-43-41-39-34-32-30-28-26-24-22-20-18-16-14-12-10-8-6-4-2/h5-8,11-14,17-20,23-26,29-32,35-36,75H,3-4,9-10,15-16,21-22,27-28,33-34,37-74,78H2,1-2H3,(H,81,82)/b7-5-,8-6-,13-11-,14-12-,19-17-,20-18-,25-23-,26-24-,31-29-,32-30-,36-35-. The minimum atomic E-state index is -4.40. The van der Waals surface area contributed by atoms with Gasteiger partial charge in [0.25, 0.3) is 0 Å². The SMILES string of the molecule is CC/C=C\C/C=C\C/C=C\C/C=C\C/C=C\C/C=C\CCCCCCCCCCCCCCCCCCC(=O)OC(COC(=O)CCCCCCCCCCCCCCCCC/C=C\C/C=C\C/C=C\C/C=C\C/C=C\CC)COP(=O)(O)OCCN. The van der Waals surface area contributed by atoms with E-state index in [1.807, 2.05) is 0 Å². The lowest BCUT2D eigenvalue weighted by atomic mass is 10.0. The maximum atomic E-state index is 12.8. The van der Waals surface area contributed by atoms with E-state index in [2.05, 4.69) is 148 Å². The van der Waals surface area contributed by atoms with E-state index >= 15 is 0 Å². The first kappa shape index (κ1) is 83.2. The van der Waals surface area contributed by atoms with Gasteiger partial charge in [0.05, 0.1) is 13.2 Å². The van der Waals surface area contributed by atoms with Crippen LogP contribution in [-0.2, 0) is 32.7 Å². The Labute approximate surface area is 535 Å². The lowest BCUT2D eigenvalue weighted by Crippen LogP contribution is -2.29. The highest BCUT2D eigenvalue weighted by Gasteiger charge is 2.26. The highest BCUT2D eigenvalue weighted by Crippen LogP contribution is 2.43. The van der Waals surface area contributed by atoms with Crippen LogP contribution >= 0.6 is 7.82 Å². The van der Waals surface area contributed by atoms with E-state index in [9.17, 15) is 19.0 Å². The Morgan fingerprint density at radius 3 is 0.885 bits per heavy atom. The summed E-state index contributed by atoms with van der Waals surface area (Å²) in [5, 5.41) is 0. The van der Waals surface area contributed by atoms with Gasteiger partial charge in [-0.3, -0.25) is 18.6 Å². The van der Waals surface area contributed by atoms with Gasteiger partial charge < -0.3 is 20.1 Å². The van der Waals surface area contributed by atoms with Gasteiger partial charge in [-0.2, -0.15) is 0 Å². The number of unbranched alkanes of at least 4 members (excludes halogenated alkanes) is 31. The molecule has 0 aromatic heterocycles. The second-order valence-corrected chi connectivity index (χ2v) is 24.8. The van der Waals surface area contributed by atoms with Crippen molar-refractivity contribution in [2.24, 2.45) is 5.73 Å². The Kier molecular flexibility index (Phi) is 68.1. The smallest absolute Gasteiger partial charge is 0.462 e. The summed E-state index contributed by atoms with van der Waals surface area (Å²) in [6, 6.07) is 0. The summed E-state index contributed by atoms with van der Waals surface area (Å²) < 4.78 is 33.2. The second-order valence-electron chi connectivity index (χ2n) is 23.3. The molecule has 0 radical (unpaired) electrons. The highest BCUT2D eigenvalue weighted by atomic mass is 31.2. The summed E-state index contributed by atoms with van der Waals surface area (Å²) in [6.45, 7) is 3.54. The van der Waals surface area contributed by atoms with Crippen LogP contribution in [0.5, 0.6) is 0 Å². The average Bonchev–Trinajstić information content (AvgIpc) is 3.64. The van der Waals surface area contributed by atoms with Crippen LogP contribution in [0.4, 0.5) is 0 Å². The number of hydrogen-bond donors (Lipinski definition) is 2. The number of carbonyl (C=O) groups excluding carboxylic acids is 2. The Morgan fingerprint density at radius 1 is 0.345 bits per heavy atom. The number of carbonyl (C=O) groups is 2. The molecule has 0 aliphatic rings. The molecule has 0 aromatic carbocycles. The predicted molar refractivity (Wildman–Crippen MR) is 376 cm³/mol. The van der Waals surface area contributed by atoms with E-state index < -0.39 is 26.5 Å². The van der Waals surface area contributed by atoms with Gasteiger partial charge in [0.2, 0.25) is 0 Å². The van der Waals surface area contributed by atoms with Gasteiger partial charge in [-0.25, -0.2) is 4.57 Å². The number of phosphoric ester groups is 1. The van der Waals surface area contributed by atoms with Crippen molar-refractivity contribution < 1.29 is 37.6 Å². The maximum absolute atomic E-state index is 12.8. The van der Waals surface area contributed by atoms with Crippen molar-refractivity contribution in [3.05, 3.63) is 134 Å². The van der Waals surface area contributed by atoms with Crippen LogP contribution in [0.2, 0.25) is 0 Å². The molecule has 2 atom stereocenters. The molecule has 498 valence electrons. The van der Waals surface area contributed by atoms with E-state index in [0.29, 0.717) is 6.42 Å². The number of hydrogen-bond acceptors (Lipinski definition) is 8. The Hall–Kier alpha value is -3.85. The number of phosphoric acid groups is 1. The summed E-state index contributed by atoms with van der Waals surface area (Å²) in [5.74, 6) is -0.823. The van der Waals surface area contributed by atoms with Gasteiger partial charge in [-0.05, 0) is 109 Å². The molecule has 0 aliphatic heterocycles. The molecule has 0 aliphatic carbocycles. The molecule has 0 amide bonds. The van der Waals surface area contributed by atoms with Crippen molar-refractivity contribution >= 4 is 19.8 Å². The summed E-state index contributed by atoms with van der Waals surface area (Å²) in [4.78, 5) is 35.4. The third-order valence-corrected chi connectivity index (χ3v) is 16.0. The fourth-order valence-electron chi connectivity index (χ4n) is 9.85. The van der Waals surface area contributed by atoms with Crippen LogP contribution in [-0.4, -0.2) is 49.3 Å². The Bertz CT molecular complexity index is 1890. The van der Waals surface area contributed by atoms with Crippen molar-refractivity contribution in [2.45, 2.75) is 315 Å². The van der Waals surface area contributed by atoms with E-state index in [4.69, 9.17) is 24.3 Å². The molecular formula is C77H132NO8P. The third kappa shape index (κ3) is 71.1. The minimum absolute atomic E-state index is 0.0496. The fourth-order valence-corrected chi connectivity index (χ4v) is 10.6. The summed E-state index contributed by atoms with van der Waals surface area (Å²) >= 11 is 0. The van der Waals surface area contributed by atoms with E-state index in [1.54, 1.807) is 0 Å². The van der Waals surface area contributed by atoms with E-state index in [-0.39, 0.29) is 38.6 Å². The predicted octanol–water partition coefficient (Wildman–Crippen LogP) is 23.6. The highest BCUT2D eigenvalue weighted by molar-refractivity contribution is 7.47.